The number of rotatable bonds is 4. The molecule has 0 saturated heterocycles. The topological polar surface area (TPSA) is 81.8 Å². The summed E-state index contributed by atoms with van der Waals surface area (Å²) in [4.78, 5) is 25.9. The summed E-state index contributed by atoms with van der Waals surface area (Å²) < 4.78 is 18.7. The molecule has 1 heterocycles. The normalized spacial score (nSPS) is 15.5. The molecule has 0 amide bonds. The first-order valence-corrected chi connectivity index (χ1v) is 7.23. The van der Waals surface area contributed by atoms with E-state index in [9.17, 15) is 19.3 Å². The van der Waals surface area contributed by atoms with Crippen molar-refractivity contribution in [2.75, 3.05) is 0 Å². The summed E-state index contributed by atoms with van der Waals surface area (Å²) in [6.45, 7) is 0. The Labute approximate surface area is 141 Å². The third-order valence-corrected chi connectivity index (χ3v) is 3.37. The summed E-state index contributed by atoms with van der Waals surface area (Å²) >= 11 is 0. The van der Waals surface area contributed by atoms with E-state index in [2.05, 4.69) is 4.99 Å². The lowest BCUT2D eigenvalue weighted by Crippen LogP contribution is -2.07. The molecular weight excluding hydrogens is 327 g/mol. The van der Waals surface area contributed by atoms with E-state index in [1.807, 2.05) is 0 Å². The van der Waals surface area contributed by atoms with Crippen LogP contribution in [0.2, 0.25) is 0 Å². The molecule has 0 radical (unpaired) electrons. The lowest BCUT2D eigenvalue weighted by molar-refractivity contribution is -0.384. The molecule has 2 aromatic rings. The van der Waals surface area contributed by atoms with E-state index in [1.54, 1.807) is 30.4 Å². The first kappa shape index (κ1) is 16.3. The summed E-state index contributed by atoms with van der Waals surface area (Å²) in [6.07, 6.45) is 4.64. The fourth-order valence-corrected chi connectivity index (χ4v) is 2.13. The minimum absolute atomic E-state index is 0.00555. The number of nitro groups is 1. The minimum atomic E-state index is -0.674. The second kappa shape index (κ2) is 6.88. The van der Waals surface area contributed by atoms with Crippen LogP contribution in [0.25, 0.3) is 6.08 Å². The van der Waals surface area contributed by atoms with E-state index in [-0.39, 0.29) is 22.8 Å². The standard InChI is InChI=1S/C18H11FN2O4/c19-15-6-2-1-5-14(15)17-20-16(18(22)25-17)7-3-4-12-8-10-13(11-9-12)21(23)24/h1-11H/b4-3+,16-7+. The molecule has 0 unspecified atom stereocenters. The second-order valence-electron chi connectivity index (χ2n) is 5.05. The summed E-state index contributed by atoms with van der Waals surface area (Å²) in [5.41, 5.74) is 0.858. The average Bonchev–Trinajstić information content (AvgIpc) is 2.96. The molecule has 0 bridgehead atoms. The van der Waals surface area contributed by atoms with Gasteiger partial charge < -0.3 is 4.74 Å². The van der Waals surface area contributed by atoms with Gasteiger partial charge >= 0.3 is 5.97 Å². The van der Waals surface area contributed by atoms with Gasteiger partial charge in [0.1, 0.15) is 5.82 Å². The van der Waals surface area contributed by atoms with E-state index in [0.29, 0.717) is 5.56 Å². The van der Waals surface area contributed by atoms with Crippen LogP contribution in [-0.4, -0.2) is 16.8 Å². The van der Waals surface area contributed by atoms with E-state index in [1.165, 1.54) is 36.4 Å². The summed E-state index contributed by atoms with van der Waals surface area (Å²) in [5.74, 6) is -1.29. The number of aliphatic imine (C=N–C) groups is 1. The third kappa shape index (κ3) is 3.66. The first-order chi connectivity index (χ1) is 12.0. The monoisotopic (exact) mass is 338 g/mol. The largest absolute Gasteiger partial charge is 0.402 e. The number of carbonyl (C=O) groups is 1. The van der Waals surface area contributed by atoms with Crippen molar-refractivity contribution in [2.45, 2.75) is 0 Å². The van der Waals surface area contributed by atoms with E-state index < -0.39 is 16.7 Å². The van der Waals surface area contributed by atoms with Gasteiger partial charge in [-0.3, -0.25) is 10.1 Å². The van der Waals surface area contributed by atoms with Gasteiger partial charge in [-0.25, -0.2) is 14.2 Å². The molecule has 6 nitrogen and oxygen atoms in total. The van der Waals surface area contributed by atoms with Gasteiger partial charge in [0.25, 0.3) is 5.69 Å². The Morgan fingerprint density at radius 1 is 1.12 bits per heavy atom. The van der Waals surface area contributed by atoms with Gasteiger partial charge in [0.05, 0.1) is 10.5 Å². The average molecular weight is 338 g/mol. The van der Waals surface area contributed by atoms with Crippen molar-refractivity contribution in [3.8, 4) is 0 Å². The predicted octanol–water partition coefficient (Wildman–Crippen LogP) is 3.63. The van der Waals surface area contributed by atoms with Gasteiger partial charge in [0, 0.05) is 12.1 Å². The Kier molecular flexibility index (Phi) is 4.47. The van der Waals surface area contributed by atoms with Crippen molar-refractivity contribution in [3.05, 3.63) is 93.4 Å². The lowest BCUT2D eigenvalue weighted by atomic mass is 10.2. The van der Waals surface area contributed by atoms with Crippen LogP contribution in [0, 0.1) is 15.9 Å². The third-order valence-electron chi connectivity index (χ3n) is 3.37. The number of hydrogen-bond acceptors (Lipinski definition) is 5. The van der Waals surface area contributed by atoms with Crippen molar-refractivity contribution in [1.82, 2.24) is 0 Å². The second-order valence-corrected chi connectivity index (χ2v) is 5.05. The maximum atomic E-state index is 13.7. The van der Waals surface area contributed by atoms with Crippen LogP contribution in [-0.2, 0) is 9.53 Å². The van der Waals surface area contributed by atoms with Crippen LogP contribution in [0.15, 0.2) is 71.4 Å². The molecule has 25 heavy (non-hydrogen) atoms. The van der Waals surface area contributed by atoms with Crippen molar-refractivity contribution < 1.29 is 18.8 Å². The van der Waals surface area contributed by atoms with Crippen molar-refractivity contribution in [1.29, 1.82) is 0 Å². The number of nitrogens with zero attached hydrogens (tertiary/aromatic N) is 2. The van der Waals surface area contributed by atoms with Crippen LogP contribution in [0.1, 0.15) is 11.1 Å². The highest BCUT2D eigenvalue weighted by Gasteiger charge is 2.25. The highest BCUT2D eigenvalue weighted by Crippen LogP contribution is 2.19. The maximum absolute atomic E-state index is 13.7. The van der Waals surface area contributed by atoms with Gasteiger partial charge in [0.15, 0.2) is 5.70 Å². The lowest BCUT2D eigenvalue weighted by Gasteiger charge is -1.99. The molecule has 0 fully saturated rings. The van der Waals surface area contributed by atoms with Gasteiger partial charge in [-0.05, 0) is 35.9 Å². The predicted molar refractivity (Wildman–Crippen MR) is 89.2 cm³/mol. The highest BCUT2D eigenvalue weighted by molar-refractivity contribution is 6.11. The van der Waals surface area contributed by atoms with E-state index in [4.69, 9.17) is 4.74 Å². The fraction of sp³-hybridized carbons (Fsp3) is 0. The van der Waals surface area contributed by atoms with E-state index in [0.717, 1.165) is 0 Å². The minimum Gasteiger partial charge on any atom is -0.402 e. The van der Waals surface area contributed by atoms with Crippen LogP contribution in [0.4, 0.5) is 10.1 Å². The molecule has 7 heteroatoms. The molecule has 1 aliphatic rings. The molecule has 1 aliphatic heterocycles. The number of cyclic esters (lactones) is 1. The highest BCUT2D eigenvalue weighted by atomic mass is 19.1. The molecule has 124 valence electrons. The number of allylic oxidation sites excluding steroid dienone is 2. The summed E-state index contributed by atoms with van der Waals surface area (Å²) in [6, 6.07) is 11.8. The van der Waals surface area contributed by atoms with Crippen molar-refractivity contribution in [2.24, 2.45) is 4.99 Å². The fourth-order valence-electron chi connectivity index (χ4n) is 2.13. The van der Waals surface area contributed by atoms with Gasteiger partial charge in [0.2, 0.25) is 5.90 Å². The summed E-state index contributed by atoms with van der Waals surface area (Å²) in [5, 5.41) is 10.6. The smallest absolute Gasteiger partial charge is 0.363 e. The molecule has 0 saturated carbocycles. The Bertz CT molecular complexity index is 930. The van der Waals surface area contributed by atoms with Crippen LogP contribution < -0.4 is 0 Å². The first-order valence-electron chi connectivity index (χ1n) is 7.23. The number of benzene rings is 2. The molecule has 0 aliphatic carbocycles. The zero-order valence-electron chi connectivity index (χ0n) is 12.8. The quantitative estimate of drug-likeness (QED) is 0.369. The van der Waals surface area contributed by atoms with Gasteiger partial charge in [-0.2, -0.15) is 0 Å². The number of non-ortho nitro benzene ring substituents is 1. The Morgan fingerprint density at radius 3 is 2.52 bits per heavy atom. The molecule has 0 spiro atoms. The Hall–Kier alpha value is -3.61. The molecular formula is C18H11FN2O4. The van der Waals surface area contributed by atoms with Gasteiger partial charge in [-0.1, -0.05) is 24.3 Å². The van der Waals surface area contributed by atoms with Crippen LogP contribution in [0.5, 0.6) is 0 Å². The number of hydrogen-bond donors (Lipinski definition) is 0. The molecule has 2 aromatic carbocycles. The number of nitro benzene ring substituents is 1. The van der Waals surface area contributed by atoms with Crippen molar-refractivity contribution >= 4 is 23.6 Å². The number of ether oxygens (including phenoxy) is 1. The Morgan fingerprint density at radius 2 is 1.84 bits per heavy atom. The molecule has 0 aromatic heterocycles. The maximum Gasteiger partial charge on any atom is 0.363 e. The molecule has 3 rings (SSSR count). The Balaban J connectivity index is 1.78. The van der Waals surface area contributed by atoms with Crippen molar-refractivity contribution in [3.63, 3.8) is 0 Å². The zero-order valence-corrected chi connectivity index (χ0v) is 12.8. The zero-order chi connectivity index (χ0) is 17.8. The summed E-state index contributed by atoms with van der Waals surface area (Å²) in [7, 11) is 0. The molecule has 0 N–H and O–H groups in total. The van der Waals surface area contributed by atoms with E-state index >= 15 is 0 Å². The number of esters is 1. The van der Waals surface area contributed by atoms with Gasteiger partial charge in [-0.15, -0.1) is 0 Å². The number of carbonyl (C=O) groups excluding carboxylic acids is 1. The van der Waals surface area contributed by atoms with Crippen LogP contribution in [0.3, 0.4) is 0 Å². The molecule has 0 atom stereocenters. The van der Waals surface area contributed by atoms with Crippen LogP contribution >= 0.6 is 0 Å². The number of halogens is 1. The SMILES string of the molecule is O=C1OC(c2ccccc2F)=N/C1=C/C=C/c1ccc([N+](=O)[O-])cc1.